The third-order valence-corrected chi connectivity index (χ3v) is 2.95. The molecule has 0 saturated carbocycles. The number of pyridine rings is 1. The van der Waals surface area contributed by atoms with E-state index in [9.17, 15) is 9.59 Å². The monoisotopic (exact) mass is 250 g/mol. The fourth-order valence-electron chi connectivity index (χ4n) is 1.05. The second kappa shape index (κ2) is 6.20. The Bertz CT molecular complexity index is 427. The Morgan fingerprint density at radius 1 is 1.47 bits per heavy atom. The minimum atomic E-state index is -0.0868. The van der Waals surface area contributed by atoms with Gasteiger partial charge in [0.05, 0.1) is 16.3 Å². The lowest BCUT2D eigenvalue weighted by molar-refractivity contribution is -0.112. The molecule has 0 unspecified atom stereocenters. The fourth-order valence-corrected chi connectivity index (χ4v) is 1.75. The van der Waals surface area contributed by atoms with Crippen molar-refractivity contribution in [2.24, 2.45) is 0 Å². The second-order valence-electron chi connectivity index (χ2n) is 3.54. The Morgan fingerprint density at radius 2 is 2.18 bits per heavy atom. The largest absolute Gasteiger partial charge is 0.345 e. The van der Waals surface area contributed by atoms with Gasteiger partial charge in [-0.1, -0.05) is 18.3 Å². The van der Waals surface area contributed by atoms with Gasteiger partial charge in [0.15, 0.2) is 5.78 Å². The van der Waals surface area contributed by atoms with Gasteiger partial charge in [-0.3, -0.25) is 9.59 Å². The van der Waals surface area contributed by atoms with E-state index in [4.69, 9.17) is 0 Å². The second-order valence-corrected chi connectivity index (χ2v) is 4.54. The number of hydrogen-bond donors (Lipinski definition) is 0. The van der Waals surface area contributed by atoms with Crippen molar-refractivity contribution >= 4 is 23.5 Å². The number of rotatable bonds is 5. The van der Waals surface area contributed by atoms with E-state index < -0.39 is 0 Å². The zero-order valence-electron chi connectivity index (χ0n) is 9.84. The number of carbonyl (C=O) groups excluding carboxylic acids is 2. The van der Waals surface area contributed by atoms with Gasteiger partial charge in [-0.2, -0.15) is 0 Å². The standard InChI is InChI=1S/C12H14N2O2S/c1-4-10(15)8-17-11-6-5-9(7-13-11)12(16)14(2)3/h4-7H,1,8H2,2-3H3. The molecule has 0 aromatic carbocycles. The van der Waals surface area contributed by atoms with Crippen LogP contribution in [0.25, 0.3) is 0 Å². The van der Waals surface area contributed by atoms with Crippen LogP contribution in [0.2, 0.25) is 0 Å². The number of carbonyl (C=O) groups is 2. The van der Waals surface area contributed by atoms with E-state index in [2.05, 4.69) is 11.6 Å². The van der Waals surface area contributed by atoms with Gasteiger partial charge in [0.1, 0.15) is 0 Å². The SMILES string of the molecule is C=CC(=O)CSc1ccc(C(=O)N(C)C)cn1. The number of amides is 1. The van der Waals surface area contributed by atoms with Gasteiger partial charge in [0, 0.05) is 20.3 Å². The molecule has 1 amide bonds. The number of allylic oxidation sites excluding steroid dienone is 1. The average Bonchev–Trinajstić information content (AvgIpc) is 2.35. The zero-order valence-corrected chi connectivity index (χ0v) is 10.7. The molecular formula is C12H14N2O2S. The van der Waals surface area contributed by atoms with Crippen LogP contribution in [0.1, 0.15) is 10.4 Å². The summed E-state index contributed by atoms with van der Waals surface area (Å²) in [6.07, 6.45) is 2.81. The average molecular weight is 250 g/mol. The van der Waals surface area contributed by atoms with Crippen molar-refractivity contribution in [1.29, 1.82) is 0 Å². The fraction of sp³-hybridized carbons (Fsp3) is 0.250. The summed E-state index contributed by atoms with van der Waals surface area (Å²) in [5, 5.41) is 0.718. The molecule has 0 atom stereocenters. The maximum atomic E-state index is 11.6. The van der Waals surface area contributed by atoms with Gasteiger partial charge < -0.3 is 4.90 Å². The molecule has 90 valence electrons. The van der Waals surface area contributed by atoms with E-state index in [-0.39, 0.29) is 11.7 Å². The quantitative estimate of drug-likeness (QED) is 0.588. The van der Waals surface area contributed by atoms with Gasteiger partial charge in [0.2, 0.25) is 0 Å². The van der Waals surface area contributed by atoms with E-state index in [1.165, 1.54) is 28.9 Å². The van der Waals surface area contributed by atoms with Crippen LogP contribution in [0.4, 0.5) is 0 Å². The Morgan fingerprint density at radius 3 is 2.65 bits per heavy atom. The summed E-state index contributed by atoms with van der Waals surface area (Å²) in [4.78, 5) is 28.2. The van der Waals surface area contributed by atoms with Gasteiger partial charge >= 0.3 is 0 Å². The van der Waals surface area contributed by atoms with Crippen LogP contribution in [-0.2, 0) is 4.79 Å². The molecule has 0 fully saturated rings. The highest BCUT2D eigenvalue weighted by atomic mass is 32.2. The smallest absolute Gasteiger partial charge is 0.254 e. The summed E-state index contributed by atoms with van der Waals surface area (Å²) in [6, 6.07) is 3.44. The predicted octanol–water partition coefficient (Wildman–Crippen LogP) is 1.63. The molecule has 0 aliphatic carbocycles. The molecule has 1 aromatic rings. The highest BCUT2D eigenvalue weighted by molar-refractivity contribution is 7.99. The van der Waals surface area contributed by atoms with Crippen LogP contribution in [-0.4, -0.2) is 41.4 Å². The van der Waals surface area contributed by atoms with Crippen LogP contribution in [0.15, 0.2) is 36.0 Å². The van der Waals surface area contributed by atoms with Gasteiger partial charge in [-0.25, -0.2) is 4.98 Å². The Kier molecular flexibility index (Phi) is 4.90. The van der Waals surface area contributed by atoms with Gasteiger partial charge in [-0.15, -0.1) is 0 Å². The lowest BCUT2D eigenvalue weighted by Gasteiger charge is -2.09. The molecule has 17 heavy (non-hydrogen) atoms. The summed E-state index contributed by atoms with van der Waals surface area (Å²) in [6.45, 7) is 3.40. The van der Waals surface area contributed by atoms with Crippen LogP contribution in [0.5, 0.6) is 0 Å². The Labute approximate surface area is 105 Å². The van der Waals surface area contributed by atoms with Crippen LogP contribution >= 0.6 is 11.8 Å². The zero-order chi connectivity index (χ0) is 12.8. The van der Waals surface area contributed by atoms with E-state index in [0.717, 1.165) is 5.03 Å². The Hall–Kier alpha value is -1.62. The molecule has 0 bridgehead atoms. The van der Waals surface area contributed by atoms with Crippen molar-refractivity contribution in [2.75, 3.05) is 19.8 Å². The highest BCUT2D eigenvalue weighted by Gasteiger charge is 2.08. The van der Waals surface area contributed by atoms with E-state index in [0.29, 0.717) is 11.3 Å². The third-order valence-electron chi connectivity index (χ3n) is 1.98. The summed E-state index contributed by atoms with van der Waals surface area (Å²) in [5.41, 5.74) is 0.536. The number of nitrogens with zero attached hydrogens (tertiary/aromatic N) is 2. The molecule has 4 nitrogen and oxygen atoms in total. The van der Waals surface area contributed by atoms with Gasteiger partial charge in [0.25, 0.3) is 5.91 Å². The predicted molar refractivity (Wildman–Crippen MR) is 68.2 cm³/mol. The number of hydrogen-bond acceptors (Lipinski definition) is 4. The molecule has 1 rings (SSSR count). The third kappa shape index (κ3) is 4.03. The first kappa shape index (κ1) is 13.4. The minimum Gasteiger partial charge on any atom is -0.345 e. The van der Waals surface area contributed by atoms with Crippen molar-refractivity contribution in [3.63, 3.8) is 0 Å². The summed E-state index contributed by atoms with van der Waals surface area (Å²) in [5.74, 6) is 0.193. The summed E-state index contributed by atoms with van der Waals surface area (Å²) >= 11 is 1.33. The molecule has 0 aliphatic rings. The molecule has 0 saturated heterocycles. The molecule has 1 aromatic heterocycles. The van der Waals surface area contributed by atoms with Crippen molar-refractivity contribution < 1.29 is 9.59 Å². The first-order chi connectivity index (χ1) is 8.04. The van der Waals surface area contributed by atoms with E-state index in [1.807, 2.05) is 0 Å². The summed E-state index contributed by atoms with van der Waals surface area (Å²) in [7, 11) is 3.38. The molecule has 0 spiro atoms. The Balaban J connectivity index is 2.65. The maximum Gasteiger partial charge on any atom is 0.254 e. The molecule has 0 N–H and O–H groups in total. The normalized spacial score (nSPS) is 9.76. The minimum absolute atomic E-state index is 0.0368. The highest BCUT2D eigenvalue weighted by Crippen LogP contribution is 2.15. The molecule has 0 radical (unpaired) electrons. The van der Waals surface area contributed by atoms with Gasteiger partial charge in [-0.05, 0) is 18.2 Å². The van der Waals surface area contributed by atoms with Crippen molar-refractivity contribution in [2.45, 2.75) is 5.03 Å². The lowest BCUT2D eigenvalue weighted by Crippen LogP contribution is -2.21. The topological polar surface area (TPSA) is 50.3 Å². The first-order valence-corrected chi connectivity index (χ1v) is 5.99. The van der Waals surface area contributed by atoms with Crippen LogP contribution in [0.3, 0.4) is 0 Å². The van der Waals surface area contributed by atoms with Crippen LogP contribution < -0.4 is 0 Å². The van der Waals surface area contributed by atoms with Crippen molar-refractivity contribution in [3.05, 3.63) is 36.5 Å². The molecular weight excluding hydrogens is 236 g/mol. The lowest BCUT2D eigenvalue weighted by atomic mass is 10.2. The molecule has 5 heteroatoms. The molecule has 1 heterocycles. The number of thioether (sulfide) groups is 1. The molecule has 0 aliphatic heterocycles. The first-order valence-electron chi connectivity index (χ1n) is 5.00. The van der Waals surface area contributed by atoms with Crippen molar-refractivity contribution in [1.82, 2.24) is 9.88 Å². The van der Waals surface area contributed by atoms with E-state index in [1.54, 1.807) is 26.2 Å². The number of aromatic nitrogens is 1. The number of ketones is 1. The van der Waals surface area contributed by atoms with Crippen LogP contribution in [0, 0.1) is 0 Å². The van der Waals surface area contributed by atoms with E-state index >= 15 is 0 Å². The summed E-state index contributed by atoms with van der Waals surface area (Å²) < 4.78 is 0. The van der Waals surface area contributed by atoms with Crippen molar-refractivity contribution in [3.8, 4) is 0 Å². The maximum absolute atomic E-state index is 11.6.